The summed E-state index contributed by atoms with van der Waals surface area (Å²) in [7, 11) is 0. The summed E-state index contributed by atoms with van der Waals surface area (Å²) in [6.07, 6.45) is 3.33. The van der Waals surface area contributed by atoms with E-state index in [1.54, 1.807) is 21.7 Å². The molecule has 7 nitrogen and oxygen atoms in total. The Morgan fingerprint density at radius 2 is 1.94 bits per heavy atom. The van der Waals surface area contributed by atoms with Gasteiger partial charge in [-0.15, -0.1) is 0 Å². The van der Waals surface area contributed by atoms with Crippen LogP contribution < -0.4 is 10.3 Å². The number of nitrogens with zero attached hydrogens (tertiary/aromatic N) is 2. The molecular formula is C26H23N3O4. The minimum Gasteiger partial charge on any atom is -0.489 e. The number of aromatic nitrogens is 2. The van der Waals surface area contributed by atoms with Gasteiger partial charge in [0, 0.05) is 46.9 Å². The van der Waals surface area contributed by atoms with Gasteiger partial charge in [0.25, 0.3) is 5.56 Å². The lowest BCUT2D eigenvalue weighted by atomic mass is 9.97. The molecule has 0 aliphatic carbocycles. The van der Waals surface area contributed by atoms with Crippen LogP contribution in [0.25, 0.3) is 16.6 Å². The normalized spacial score (nSPS) is 19.0. The van der Waals surface area contributed by atoms with Crippen molar-refractivity contribution in [2.24, 2.45) is 0 Å². The van der Waals surface area contributed by atoms with Crippen LogP contribution in [0.3, 0.4) is 0 Å². The Morgan fingerprint density at radius 1 is 1.09 bits per heavy atom. The lowest BCUT2D eigenvalue weighted by Gasteiger charge is -2.32. The Kier molecular flexibility index (Phi) is 4.50. The Labute approximate surface area is 189 Å². The summed E-state index contributed by atoms with van der Waals surface area (Å²) in [5.74, 6) is 0.529. The number of H-pyrrole nitrogens is 1. The van der Waals surface area contributed by atoms with Gasteiger partial charge in [0.05, 0.1) is 11.7 Å². The largest absolute Gasteiger partial charge is 0.489 e. The minimum atomic E-state index is -0.847. The Morgan fingerprint density at radius 3 is 2.73 bits per heavy atom. The van der Waals surface area contributed by atoms with Crippen molar-refractivity contribution < 1.29 is 14.6 Å². The highest BCUT2D eigenvalue weighted by molar-refractivity contribution is 5.88. The van der Waals surface area contributed by atoms with Gasteiger partial charge < -0.3 is 14.8 Å². The molecule has 4 heterocycles. The van der Waals surface area contributed by atoms with Gasteiger partial charge in [-0.1, -0.05) is 36.4 Å². The molecule has 6 rings (SSSR count). The number of amides is 1. The molecule has 2 unspecified atom stereocenters. The van der Waals surface area contributed by atoms with E-state index < -0.39 is 6.09 Å². The molecular weight excluding hydrogens is 418 g/mol. The molecule has 0 radical (unpaired) electrons. The van der Waals surface area contributed by atoms with Crippen LogP contribution in [-0.2, 0) is 13.0 Å². The van der Waals surface area contributed by atoms with Gasteiger partial charge in [0.15, 0.2) is 0 Å². The third kappa shape index (κ3) is 3.28. The van der Waals surface area contributed by atoms with E-state index in [4.69, 9.17) is 4.74 Å². The van der Waals surface area contributed by atoms with Crippen LogP contribution in [0.4, 0.5) is 4.79 Å². The first kappa shape index (κ1) is 19.7. The van der Waals surface area contributed by atoms with Crippen LogP contribution >= 0.6 is 0 Å². The minimum absolute atomic E-state index is 0.0404. The highest BCUT2D eigenvalue weighted by Gasteiger charge is 2.44. The molecule has 1 saturated heterocycles. The summed E-state index contributed by atoms with van der Waals surface area (Å²) >= 11 is 0. The molecule has 1 fully saturated rings. The van der Waals surface area contributed by atoms with Crippen LogP contribution in [-0.4, -0.2) is 31.7 Å². The van der Waals surface area contributed by atoms with Gasteiger partial charge in [-0.3, -0.25) is 14.3 Å². The summed E-state index contributed by atoms with van der Waals surface area (Å²) in [6, 6.07) is 18.9. The maximum absolute atomic E-state index is 12.8. The third-order valence-electron chi connectivity index (χ3n) is 6.82. The molecule has 0 saturated carbocycles. The molecule has 2 N–H and O–H groups in total. The molecule has 0 spiro atoms. The smallest absolute Gasteiger partial charge is 0.408 e. The van der Waals surface area contributed by atoms with Crippen molar-refractivity contribution in [3.8, 4) is 11.4 Å². The van der Waals surface area contributed by atoms with E-state index in [9.17, 15) is 14.7 Å². The van der Waals surface area contributed by atoms with E-state index in [-0.39, 0.29) is 17.6 Å². The lowest BCUT2D eigenvalue weighted by molar-refractivity contribution is 0.117. The molecule has 4 aromatic rings. The number of nitrogens with one attached hydrogen (secondary N) is 1. The average Bonchev–Trinajstić information content (AvgIpc) is 3.35. The van der Waals surface area contributed by atoms with Crippen LogP contribution in [0.15, 0.2) is 71.7 Å². The van der Waals surface area contributed by atoms with Gasteiger partial charge >= 0.3 is 6.09 Å². The number of hydrogen-bond acceptors (Lipinski definition) is 3. The number of hydrogen-bond donors (Lipinski definition) is 2. The number of ether oxygens (including phenoxy) is 1. The van der Waals surface area contributed by atoms with E-state index in [2.05, 4.69) is 4.98 Å². The number of benzene rings is 2. The highest BCUT2D eigenvalue weighted by atomic mass is 16.5. The standard InChI is InChI=1S/C26H23N3O4/c30-24-14-19(33-15-16-4-2-1-3-5-16)10-11-28(24)17-6-8-20-21(12-17)27-22-13-18-7-9-23(25(20)22)29(18)26(31)32/h1-6,8,10-12,14,18,23,27H,7,9,13,15H2,(H,31,32). The van der Waals surface area contributed by atoms with Crippen LogP contribution in [0, 0.1) is 0 Å². The van der Waals surface area contributed by atoms with Gasteiger partial charge in [0.1, 0.15) is 12.4 Å². The molecule has 33 heavy (non-hydrogen) atoms. The summed E-state index contributed by atoms with van der Waals surface area (Å²) < 4.78 is 7.36. The second kappa shape index (κ2) is 7.55. The van der Waals surface area contributed by atoms with Gasteiger partial charge in [-0.2, -0.15) is 0 Å². The van der Waals surface area contributed by atoms with Crippen molar-refractivity contribution >= 4 is 17.0 Å². The Hall–Kier alpha value is -4.00. The number of carboxylic acid groups (broad SMARTS) is 1. The zero-order valence-corrected chi connectivity index (χ0v) is 17.9. The van der Waals surface area contributed by atoms with E-state index in [0.29, 0.717) is 18.8 Å². The predicted molar refractivity (Wildman–Crippen MR) is 124 cm³/mol. The van der Waals surface area contributed by atoms with E-state index in [0.717, 1.165) is 46.3 Å². The van der Waals surface area contributed by atoms with Crippen LogP contribution in [0.2, 0.25) is 0 Å². The second-order valence-electron chi connectivity index (χ2n) is 8.73. The summed E-state index contributed by atoms with van der Waals surface area (Å²) in [4.78, 5) is 29.7. The molecule has 2 bridgehead atoms. The average molecular weight is 441 g/mol. The van der Waals surface area contributed by atoms with Crippen LogP contribution in [0.1, 0.15) is 35.7 Å². The lowest BCUT2D eigenvalue weighted by Crippen LogP contribution is -2.40. The Balaban J connectivity index is 1.30. The highest BCUT2D eigenvalue weighted by Crippen LogP contribution is 2.46. The second-order valence-corrected chi connectivity index (χ2v) is 8.73. The molecule has 2 aromatic heterocycles. The summed E-state index contributed by atoms with van der Waals surface area (Å²) in [5.41, 5.74) is 4.74. The Bertz CT molecular complexity index is 1420. The fourth-order valence-electron chi connectivity index (χ4n) is 5.35. The monoisotopic (exact) mass is 441 g/mol. The maximum Gasteiger partial charge on any atom is 0.408 e. The number of fused-ring (bicyclic) bond motifs is 6. The van der Waals surface area contributed by atoms with Crippen molar-refractivity contribution in [1.82, 2.24) is 14.5 Å². The summed E-state index contributed by atoms with van der Waals surface area (Å²) in [5, 5.41) is 10.7. The number of pyridine rings is 1. The molecule has 166 valence electrons. The van der Waals surface area contributed by atoms with Crippen molar-refractivity contribution in [3.05, 3.63) is 94.0 Å². The first-order valence-corrected chi connectivity index (χ1v) is 11.1. The van der Waals surface area contributed by atoms with E-state index in [1.807, 2.05) is 48.5 Å². The van der Waals surface area contributed by atoms with E-state index >= 15 is 0 Å². The molecule has 2 atom stereocenters. The first-order chi connectivity index (χ1) is 16.1. The van der Waals surface area contributed by atoms with Crippen molar-refractivity contribution in [1.29, 1.82) is 0 Å². The molecule has 1 amide bonds. The van der Waals surface area contributed by atoms with Crippen molar-refractivity contribution in [3.63, 3.8) is 0 Å². The van der Waals surface area contributed by atoms with Crippen molar-refractivity contribution in [2.75, 3.05) is 0 Å². The number of rotatable bonds is 4. The predicted octanol–water partition coefficient (Wildman–Crippen LogP) is 4.64. The quantitative estimate of drug-likeness (QED) is 0.483. The topological polar surface area (TPSA) is 87.6 Å². The van der Waals surface area contributed by atoms with Gasteiger partial charge in [-0.05, 0) is 36.6 Å². The zero-order chi connectivity index (χ0) is 22.5. The molecule has 2 aliphatic heterocycles. The van der Waals surface area contributed by atoms with Crippen LogP contribution in [0.5, 0.6) is 5.75 Å². The number of aromatic amines is 1. The van der Waals surface area contributed by atoms with E-state index in [1.165, 1.54) is 6.07 Å². The third-order valence-corrected chi connectivity index (χ3v) is 6.82. The fourth-order valence-corrected chi connectivity index (χ4v) is 5.35. The zero-order valence-electron chi connectivity index (χ0n) is 17.9. The molecule has 2 aliphatic rings. The molecule has 2 aromatic carbocycles. The SMILES string of the molecule is O=C(O)N1C2CCC1c1c([nH]c3cc(-n4ccc(OCc5ccccc5)cc4=O)ccc13)C2. The first-order valence-electron chi connectivity index (χ1n) is 11.1. The maximum atomic E-state index is 12.8. The van der Waals surface area contributed by atoms with Crippen molar-refractivity contribution in [2.45, 2.75) is 38.0 Å². The summed E-state index contributed by atoms with van der Waals surface area (Å²) in [6.45, 7) is 0.403. The van der Waals surface area contributed by atoms with Gasteiger partial charge in [-0.25, -0.2) is 4.79 Å². The fraction of sp³-hybridized carbons (Fsp3) is 0.231. The van der Waals surface area contributed by atoms with Gasteiger partial charge in [0.2, 0.25) is 0 Å². The number of carbonyl (C=O) groups is 1. The molecule has 7 heteroatoms.